The number of carboxylic acid groups (broad SMARTS) is 1. The van der Waals surface area contributed by atoms with Crippen LogP contribution in [0.4, 0.5) is 0 Å². The molecule has 37 heavy (non-hydrogen) atoms. The second-order valence-electron chi connectivity index (χ2n) is 9.70. The molecule has 13 heteroatoms. The first-order valence-electron chi connectivity index (χ1n) is 11.8. The standard InChI is InChI=1S/C24H41N3O10/c1-11-12(2)24(16(30)13(3)25-8,27(10)18(32)15(5)29)20(34)22(6,26(9)17(31)14(4)28)19(33)23(7,37)21(35)36/h12-15,25,28-29,37H,11H2,1-10H3,(H,35,36)/t12-,13-,14-,15+,22-,23-,24+/m0/s1. The predicted molar refractivity (Wildman–Crippen MR) is 131 cm³/mol. The molecule has 5 N–H and O–H groups in total. The predicted octanol–water partition coefficient (Wildman–Crippen LogP) is -1.64. The lowest BCUT2D eigenvalue weighted by Gasteiger charge is -2.50. The highest BCUT2D eigenvalue weighted by molar-refractivity contribution is 6.30. The summed E-state index contributed by atoms with van der Waals surface area (Å²) >= 11 is 0. The van der Waals surface area contributed by atoms with Crippen LogP contribution in [-0.2, 0) is 28.8 Å². The van der Waals surface area contributed by atoms with Crippen LogP contribution in [0, 0.1) is 5.92 Å². The van der Waals surface area contributed by atoms with E-state index in [1.54, 1.807) is 6.92 Å². The second kappa shape index (κ2) is 12.2. The van der Waals surface area contributed by atoms with Crippen molar-refractivity contribution in [3.05, 3.63) is 0 Å². The zero-order valence-electron chi connectivity index (χ0n) is 23.1. The highest BCUT2D eigenvalue weighted by Crippen LogP contribution is 2.38. The van der Waals surface area contributed by atoms with Crippen LogP contribution < -0.4 is 5.32 Å². The fourth-order valence-corrected chi connectivity index (χ4v) is 4.29. The molecule has 0 unspecified atom stereocenters. The molecule has 0 radical (unpaired) electrons. The van der Waals surface area contributed by atoms with E-state index >= 15 is 0 Å². The van der Waals surface area contributed by atoms with Crippen LogP contribution >= 0.6 is 0 Å². The van der Waals surface area contributed by atoms with Gasteiger partial charge in [0.15, 0.2) is 22.6 Å². The molecule has 0 aromatic rings. The normalized spacial score (nSPS) is 19.6. The van der Waals surface area contributed by atoms with Crippen LogP contribution in [0.5, 0.6) is 0 Å². The smallest absolute Gasteiger partial charge is 0.343 e. The van der Waals surface area contributed by atoms with Crippen molar-refractivity contribution in [1.29, 1.82) is 0 Å². The van der Waals surface area contributed by atoms with Crippen LogP contribution in [0.1, 0.15) is 54.9 Å². The fraction of sp³-hybridized carbons (Fsp3) is 0.750. The summed E-state index contributed by atoms with van der Waals surface area (Å²) in [6.45, 7) is 8.05. The second-order valence-corrected chi connectivity index (χ2v) is 9.70. The third kappa shape index (κ3) is 5.74. The minimum Gasteiger partial charge on any atom is -0.479 e. The topological polar surface area (TPSA) is 202 Å². The highest BCUT2D eigenvalue weighted by atomic mass is 16.4. The first kappa shape index (κ1) is 34.3. The van der Waals surface area contributed by atoms with E-state index in [-0.39, 0.29) is 6.42 Å². The first-order chi connectivity index (χ1) is 16.7. The van der Waals surface area contributed by atoms with Crippen LogP contribution in [0.15, 0.2) is 0 Å². The number of nitrogens with one attached hydrogen (secondary N) is 1. The number of hydrogen-bond donors (Lipinski definition) is 5. The fourth-order valence-electron chi connectivity index (χ4n) is 4.29. The maximum absolute atomic E-state index is 14.7. The van der Waals surface area contributed by atoms with E-state index in [4.69, 9.17) is 0 Å². The Morgan fingerprint density at radius 1 is 0.838 bits per heavy atom. The zero-order chi connectivity index (χ0) is 29.8. The van der Waals surface area contributed by atoms with Gasteiger partial charge in [-0.1, -0.05) is 20.3 Å². The van der Waals surface area contributed by atoms with Gasteiger partial charge in [0.25, 0.3) is 11.8 Å². The number of aliphatic hydroxyl groups excluding tert-OH is 2. The number of ketones is 3. The lowest BCUT2D eigenvalue weighted by atomic mass is 9.65. The quantitative estimate of drug-likeness (QED) is 0.161. The van der Waals surface area contributed by atoms with Crippen molar-refractivity contribution in [2.75, 3.05) is 21.1 Å². The van der Waals surface area contributed by atoms with Crippen molar-refractivity contribution in [3.8, 4) is 0 Å². The Morgan fingerprint density at radius 2 is 1.24 bits per heavy atom. The van der Waals surface area contributed by atoms with E-state index in [0.29, 0.717) is 16.7 Å². The number of Topliss-reactive ketones (excluding diaryl/α,β-unsaturated/α-hetero) is 3. The number of carbonyl (C=O) groups excluding carboxylic acids is 5. The number of aliphatic carboxylic acids is 1. The Labute approximate surface area is 216 Å². The Kier molecular flexibility index (Phi) is 11.3. The van der Waals surface area contributed by atoms with Gasteiger partial charge in [-0.05, 0) is 47.6 Å². The molecular formula is C24H41N3O10. The van der Waals surface area contributed by atoms with E-state index in [0.717, 1.165) is 34.9 Å². The molecule has 0 spiro atoms. The van der Waals surface area contributed by atoms with Crippen LogP contribution in [0.3, 0.4) is 0 Å². The van der Waals surface area contributed by atoms with Gasteiger partial charge in [0.2, 0.25) is 11.4 Å². The summed E-state index contributed by atoms with van der Waals surface area (Å²) in [6, 6.07) is -1.10. The van der Waals surface area contributed by atoms with Gasteiger partial charge in [0, 0.05) is 14.1 Å². The maximum Gasteiger partial charge on any atom is 0.343 e. The molecule has 0 saturated heterocycles. The summed E-state index contributed by atoms with van der Waals surface area (Å²) in [5.74, 6) is -9.29. The zero-order valence-corrected chi connectivity index (χ0v) is 23.1. The molecule has 212 valence electrons. The summed E-state index contributed by atoms with van der Waals surface area (Å²) in [5.41, 5.74) is -8.63. The maximum atomic E-state index is 14.7. The van der Waals surface area contributed by atoms with Crippen molar-refractivity contribution in [2.24, 2.45) is 5.92 Å². The molecule has 0 fully saturated rings. The van der Waals surface area contributed by atoms with Crippen molar-refractivity contribution >= 4 is 35.1 Å². The first-order valence-corrected chi connectivity index (χ1v) is 11.8. The number of carboxylic acids is 1. The summed E-state index contributed by atoms with van der Waals surface area (Å²) in [4.78, 5) is 81.2. The number of nitrogens with zero attached hydrogens (tertiary/aromatic N) is 2. The SMILES string of the molecule is CC[C@H](C)[C@@](C(=O)[C@H](C)NC)(C(=O)[C@](C)(C(=O)[C@](C)(O)C(=O)O)N(C)C(=O)[C@H](C)O)N(C)C(=O)[C@@H](C)O. The number of carbonyl (C=O) groups is 6. The molecule has 0 aliphatic carbocycles. The summed E-state index contributed by atoms with van der Waals surface area (Å²) < 4.78 is 0. The third-order valence-corrected chi connectivity index (χ3v) is 7.19. The molecule has 0 aliphatic heterocycles. The summed E-state index contributed by atoms with van der Waals surface area (Å²) in [6.07, 6.45) is -3.36. The molecule has 7 atom stereocenters. The number of likely N-dealkylation sites (N-methyl/N-ethyl adjacent to an activating group) is 3. The van der Waals surface area contributed by atoms with Crippen molar-refractivity contribution in [2.45, 2.75) is 89.8 Å². The Bertz CT molecular complexity index is 932. The van der Waals surface area contributed by atoms with Gasteiger partial charge in [0.05, 0.1) is 6.04 Å². The van der Waals surface area contributed by atoms with E-state index in [2.05, 4.69) is 5.32 Å². The van der Waals surface area contributed by atoms with E-state index in [1.165, 1.54) is 20.9 Å². The molecule has 0 aromatic carbocycles. The van der Waals surface area contributed by atoms with Gasteiger partial charge in [-0.25, -0.2) is 4.79 Å². The molecule has 0 bridgehead atoms. The Morgan fingerprint density at radius 3 is 1.57 bits per heavy atom. The van der Waals surface area contributed by atoms with Gasteiger partial charge >= 0.3 is 5.97 Å². The van der Waals surface area contributed by atoms with Crippen LogP contribution in [0.2, 0.25) is 0 Å². The lowest BCUT2D eigenvalue weighted by molar-refractivity contribution is -0.178. The highest BCUT2D eigenvalue weighted by Gasteiger charge is 2.66. The molecule has 2 amide bonds. The number of hydrogen-bond acceptors (Lipinski definition) is 10. The average molecular weight is 532 g/mol. The largest absolute Gasteiger partial charge is 0.479 e. The summed E-state index contributed by atoms with van der Waals surface area (Å²) in [7, 11) is 3.43. The van der Waals surface area contributed by atoms with Gasteiger partial charge in [0.1, 0.15) is 12.2 Å². The van der Waals surface area contributed by atoms with Gasteiger partial charge < -0.3 is 35.5 Å². The Balaban J connectivity index is 7.97. The number of rotatable bonds is 14. The van der Waals surface area contributed by atoms with Crippen molar-refractivity contribution in [1.82, 2.24) is 15.1 Å². The molecule has 0 aliphatic rings. The van der Waals surface area contributed by atoms with E-state index in [1.807, 2.05) is 0 Å². The average Bonchev–Trinajstić information content (AvgIpc) is 2.84. The molecule has 0 rings (SSSR count). The van der Waals surface area contributed by atoms with E-state index < -0.39 is 76.0 Å². The van der Waals surface area contributed by atoms with Crippen molar-refractivity contribution < 1.29 is 49.2 Å². The van der Waals surface area contributed by atoms with Crippen molar-refractivity contribution in [3.63, 3.8) is 0 Å². The molecular weight excluding hydrogens is 490 g/mol. The minimum atomic E-state index is -3.22. The van der Waals surface area contributed by atoms with Crippen LogP contribution in [0.25, 0.3) is 0 Å². The van der Waals surface area contributed by atoms with Crippen LogP contribution in [-0.4, -0.2) is 121 Å². The number of amides is 2. The molecule has 0 aromatic heterocycles. The number of aliphatic hydroxyl groups is 3. The molecule has 13 nitrogen and oxygen atoms in total. The third-order valence-electron chi connectivity index (χ3n) is 7.19. The Hall–Kier alpha value is -2.74. The monoisotopic (exact) mass is 531 g/mol. The molecule has 0 saturated carbocycles. The lowest BCUT2D eigenvalue weighted by Crippen LogP contribution is -2.77. The minimum absolute atomic E-state index is 0.0823. The van der Waals surface area contributed by atoms with Gasteiger partial charge in [-0.3, -0.25) is 24.0 Å². The van der Waals surface area contributed by atoms with Gasteiger partial charge in [-0.15, -0.1) is 0 Å². The molecule has 0 heterocycles. The van der Waals surface area contributed by atoms with E-state index in [9.17, 15) is 49.2 Å². The summed E-state index contributed by atoms with van der Waals surface area (Å²) in [5, 5.41) is 42.8. The van der Waals surface area contributed by atoms with Gasteiger partial charge in [-0.2, -0.15) is 0 Å².